The fourth-order valence-corrected chi connectivity index (χ4v) is 1.16. The third-order valence-electron chi connectivity index (χ3n) is 2.25. The first-order valence-corrected chi connectivity index (χ1v) is 4.54. The van der Waals surface area contributed by atoms with E-state index < -0.39 is 11.5 Å². The number of aliphatic carboxylic acids is 1. The molecule has 14 heavy (non-hydrogen) atoms. The van der Waals surface area contributed by atoms with Crippen LogP contribution in [-0.4, -0.2) is 36.2 Å². The van der Waals surface area contributed by atoms with Gasteiger partial charge < -0.3 is 15.2 Å². The highest BCUT2D eigenvalue weighted by Gasteiger charge is 2.39. The third kappa shape index (κ3) is 2.45. The lowest BCUT2D eigenvalue weighted by atomic mass is 10.0. The Hall–Kier alpha value is -1.10. The van der Waals surface area contributed by atoms with Crippen molar-refractivity contribution in [3.63, 3.8) is 0 Å². The van der Waals surface area contributed by atoms with Gasteiger partial charge in [-0.25, -0.2) is 4.79 Å². The van der Waals surface area contributed by atoms with Crippen LogP contribution >= 0.6 is 0 Å². The molecular weight excluding hydrogens is 186 g/mol. The van der Waals surface area contributed by atoms with Crippen LogP contribution in [0.4, 0.5) is 0 Å². The van der Waals surface area contributed by atoms with Crippen molar-refractivity contribution in [1.29, 1.82) is 0 Å². The first kappa shape index (κ1) is 11.0. The Morgan fingerprint density at radius 1 is 1.57 bits per heavy atom. The van der Waals surface area contributed by atoms with Crippen molar-refractivity contribution in [3.8, 4) is 0 Å². The van der Waals surface area contributed by atoms with Crippen LogP contribution in [0.5, 0.6) is 0 Å². The smallest absolute Gasteiger partial charge is 0.331 e. The molecule has 0 saturated heterocycles. The number of hydrogen-bond acceptors (Lipinski definition) is 3. The van der Waals surface area contributed by atoms with E-state index in [4.69, 9.17) is 9.84 Å². The topological polar surface area (TPSA) is 75.6 Å². The van der Waals surface area contributed by atoms with Gasteiger partial charge >= 0.3 is 5.97 Å². The highest BCUT2D eigenvalue weighted by atomic mass is 16.5. The second kappa shape index (κ2) is 3.96. The average molecular weight is 201 g/mol. The quantitative estimate of drug-likeness (QED) is 0.656. The molecule has 0 aromatic rings. The van der Waals surface area contributed by atoms with E-state index in [2.05, 4.69) is 5.32 Å². The SMILES string of the molecule is COCC(C)(NC(=O)C1CC1)C(=O)O. The van der Waals surface area contributed by atoms with E-state index in [1.54, 1.807) is 0 Å². The Morgan fingerprint density at radius 2 is 2.14 bits per heavy atom. The van der Waals surface area contributed by atoms with Gasteiger partial charge in [-0.1, -0.05) is 0 Å². The molecule has 80 valence electrons. The van der Waals surface area contributed by atoms with Gasteiger partial charge in [0, 0.05) is 13.0 Å². The molecule has 1 saturated carbocycles. The lowest BCUT2D eigenvalue weighted by molar-refractivity contribution is -0.149. The zero-order valence-corrected chi connectivity index (χ0v) is 8.37. The minimum Gasteiger partial charge on any atom is -0.479 e. The number of hydrogen-bond donors (Lipinski definition) is 2. The van der Waals surface area contributed by atoms with Gasteiger partial charge in [0.1, 0.15) is 0 Å². The maximum atomic E-state index is 11.4. The monoisotopic (exact) mass is 201 g/mol. The number of carbonyl (C=O) groups excluding carboxylic acids is 1. The first-order chi connectivity index (χ1) is 6.49. The number of ether oxygens (including phenoxy) is 1. The number of methoxy groups -OCH3 is 1. The van der Waals surface area contributed by atoms with Crippen LogP contribution < -0.4 is 5.32 Å². The molecule has 1 fully saturated rings. The zero-order valence-electron chi connectivity index (χ0n) is 8.37. The van der Waals surface area contributed by atoms with Crippen LogP contribution in [0.1, 0.15) is 19.8 Å². The van der Waals surface area contributed by atoms with Crippen molar-refractivity contribution in [3.05, 3.63) is 0 Å². The zero-order chi connectivity index (χ0) is 10.8. The molecule has 2 N–H and O–H groups in total. The minimum atomic E-state index is -1.31. The summed E-state index contributed by atoms with van der Waals surface area (Å²) in [5.74, 6) is -1.26. The van der Waals surface area contributed by atoms with Crippen LogP contribution in [0, 0.1) is 5.92 Å². The van der Waals surface area contributed by atoms with Gasteiger partial charge in [-0.15, -0.1) is 0 Å². The molecule has 5 nitrogen and oxygen atoms in total. The molecule has 1 aliphatic carbocycles. The van der Waals surface area contributed by atoms with Crippen LogP contribution in [0.15, 0.2) is 0 Å². The highest BCUT2D eigenvalue weighted by Crippen LogP contribution is 2.29. The van der Waals surface area contributed by atoms with Gasteiger partial charge in [-0.05, 0) is 19.8 Å². The van der Waals surface area contributed by atoms with Gasteiger partial charge in [0.2, 0.25) is 5.91 Å². The molecule has 0 bridgehead atoms. The van der Waals surface area contributed by atoms with Crippen LogP contribution in [0.2, 0.25) is 0 Å². The summed E-state index contributed by atoms with van der Waals surface area (Å²) in [4.78, 5) is 22.3. The van der Waals surface area contributed by atoms with Crippen LogP contribution in [-0.2, 0) is 14.3 Å². The fraction of sp³-hybridized carbons (Fsp3) is 0.778. The molecule has 1 aliphatic rings. The molecule has 1 atom stereocenters. The number of carboxylic acids is 1. The van der Waals surface area contributed by atoms with Gasteiger partial charge in [-0.3, -0.25) is 4.79 Å². The molecule has 0 aromatic carbocycles. The summed E-state index contributed by atoms with van der Waals surface area (Å²) >= 11 is 0. The van der Waals surface area contributed by atoms with Crippen molar-refractivity contribution in [2.45, 2.75) is 25.3 Å². The summed E-state index contributed by atoms with van der Waals surface area (Å²) in [6.45, 7) is 1.42. The molecule has 0 aromatic heterocycles. The Morgan fingerprint density at radius 3 is 2.50 bits per heavy atom. The van der Waals surface area contributed by atoms with E-state index >= 15 is 0 Å². The van der Waals surface area contributed by atoms with Crippen LogP contribution in [0.3, 0.4) is 0 Å². The molecule has 5 heteroatoms. The average Bonchev–Trinajstić information content (AvgIpc) is 2.85. The standard InChI is InChI=1S/C9H15NO4/c1-9(5-14-2,8(12)13)10-7(11)6-3-4-6/h6H,3-5H2,1-2H3,(H,10,11)(H,12,13). The molecular formula is C9H15NO4. The maximum absolute atomic E-state index is 11.4. The summed E-state index contributed by atoms with van der Waals surface area (Å²) < 4.78 is 4.77. The van der Waals surface area contributed by atoms with Crippen LogP contribution in [0.25, 0.3) is 0 Å². The predicted octanol–water partition coefficient (Wildman–Crippen LogP) is 0.00230. The van der Waals surface area contributed by atoms with E-state index in [0.29, 0.717) is 0 Å². The van der Waals surface area contributed by atoms with E-state index in [9.17, 15) is 9.59 Å². The first-order valence-electron chi connectivity index (χ1n) is 4.54. The molecule has 0 aliphatic heterocycles. The Balaban J connectivity index is 2.57. The van der Waals surface area contributed by atoms with E-state index in [1.165, 1.54) is 14.0 Å². The summed E-state index contributed by atoms with van der Waals surface area (Å²) in [6.07, 6.45) is 1.71. The Labute approximate surface area is 82.4 Å². The second-order valence-corrected chi connectivity index (χ2v) is 3.83. The summed E-state index contributed by atoms with van der Waals surface area (Å²) in [7, 11) is 1.41. The summed E-state index contributed by atoms with van der Waals surface area (Å²) in [6, 6.07) is 0. The number of nitrogens with one attached hydrogen (secondary N) is 1. The van der Waals surface area contributed by atoms with E-state index in [-0.39, 0.29) is 18.4 Å². The largest absolute Gasteiger partial charge is 0.479 e. The second-order valence-electron chi connectivity index (χ2n) is 3.83. The highest BCUT2D eigenvalue weighted by molar-refractivity contribution is 5.88. The molecule has 0 spiro atoms. The van der Waals surface area contributed by atoms with Gasteiger partial charge in [0.05, 0.1) is 6.61 Å². The van der Waals surface area contributed by atoms with Crippen molar-refractivity contribution in [2.24, 2.45) is 5.92 Å². The van der Waals surface area contributed by atoms with Crippen molar-refractivity contribution in [2.75, 3.05) is 13.7 Å². The Bertz CT molecular complexity index is 249. The molecule has 1 unspecified atom stereocenters. The molecule has 0 radical (unpaired) electrons. The van der Waals surface area contributed by atoms with E-state index in [1.807, 2.05) is 0 Å². The van der Waals surface area contributed by atoms with Crippen molar-refractivity contribution in [1.82, 2.24) is 5.32 Å². The summed E-state index contributed by atoms with van der Waals surface area (Å²) in [5.41, 5.74) is -1.31. The van der Waals surface area contributed by atoms with Crippen molar-refractivity contribution < 1.29 is 19.4 Å². The van der Waals surface area contributed by atoms with Gasteiger partial charge in [0.15, 0.2) is 5.54 Å². The molecule has 0 heterocycles. The fourth-order valence-electron chi connectivity index (χ4n) is 1.16. The maximum Gasteiger partial charge on any atom is 0.331 e. The lowest BCUT2D eigenvalue weighted by Crippen LogP contribution is -2.55. The molecule has 1 rings (SSSR count). The lowest BCUT2D eigenvalue weighted by Gasteiger charge is -2.25. The minimum absolute atomic E-state index is 0.00512. The van der Waals surface area contributed by atoms with Gasteiger partial charge in [0.25, 0.3) is 0 Å². The summed E-state index contributed by atoms with van der Waals surface area (Å²) in [5, 5.41) is 11.4. The third-order valence-corrected chi connectivity index (χ3v) is 2.25. The number of amides is 1. The predicted molar refractivity (Wildman–Crippen MR) is 48.8 cm³/mol. The number of carboxylic acid groups (broad SMARTS) is 1. The number of carbonyl (C=O) groups is 2. The van der Waals surface area contributed by atoms with Gasteiger partial charge in [-0.2, -0.15) is 0 Å². The number of rotatable bonds is 5. The van der Waals surface area contributed by atoms with E-state index in [0.717, 1.165) is 12.8 Å². The Kier molecular flexibility index (Phi) is 3.10. The van der Waals surface area contributed by atoms with Crippen molar-refractivity contribution >= 4 is 11.9 Å². The normalized spacial score (nSPS) is 19.9. The molecule has 1 amide bonds.